The van der Waals surface area contributed by atoms with Crippen LogP contribution in [0.1, 0.15) is 16.7 Å². The van der Waals surface area contributed by atoms with Crippen LogP contribution in [-0.4, -0.2) is 29.9 Å². The van der Waals surface area contributed by atoms with Gasteiger partial charge < -0.3 is 0 Å². The summed E-state index contributed by atoms with van der Waals surface area (Å²) in [7, 11) is 0. The molecule has 0 aliphatic carbocycles. The predicted octanol–water partition coefficient (Wildman–Crippen LogP) is 12.4. The van der Waals surface area contributed by atoms with E-state index in [-0.39, 0.29) is 0 Å². The smallest absolute Gasteiger partial charge is 0.0894 e. The Hall–Kier alpha value is -7.44. The molecule has 0 fully saturated rings. The third-order valence-corrected chi connectivity index (χ3v) is 10.5. The van der Waals surface area contributed by atoms with E-state index in [1.165, 1.54) is 16.7 Å². The predicted molar refractivity (Wildman–Crippen MR) is 233 cm³/mol. The lowest BCUT2D eigenvalue weighted by Gasteiger charge is -2.12. The molecule has 6 heteroatoms. The molecule has 10 rings (SSSR count). The summed E-state index contributed by atoms with van der Waals surface area (Å²) in [4.78, 5) is 30.3. The van der Waals surface area contributed by atoms with Crippen molar-refractivity contribution in [3.05, 3.63) is 180 Å². The number of pyridine rings is 6. The molecule has 0 saturated carbocycles. The van der Waals surface area contributed by atoms with Crippen molar-refractivity contribution in [3.8, 4) is 67.5 Å². The zero-order valence-corrected chi connectivity index (χ0v) is 31.8. The highest BCUT2D eigenvalue weighted by molar-refractivity contribution is 5.87. The number of aryl methyl sites for hydroxylation is 3. The Balaban J connectivity index is 1.06. The first-order valence-corrected chi connectivity index (χ1v) is 19.1. The second-order valence-corrected chi connectivity index (χ2v) is 14.7. The number of aromatic nitrogens is 6. The molecule has 270 valence electrons. The van der Waals surface area contributed by atoms with Crippen LogP contribution in [0, 0.1) is 20.8 Å². The Morgan fingerprint density at radius 1 is 0.211 bits per heavy atom. The van der Waals surface area contributed by atoms with Crippen molar-refractivity contribution in [2.24, 2.45) is 0 Å². The van der Waals surface area contributed by atoms with Gasteiger partial charge >= 0.3 is 0 Å². The van der Waals surface area contributed by atoms with Gasteiger partial charge in [0.2, 0.25) is 0 Å². The van der Waals surface area contributed by atoms with Crippen LogP contribution in [-0.2, 0) is 0 Å². The summed E-state index contributed by atoms with van der Waals surface area (Å²) in [6.07, 6.45) is 0. The van der Waals surface area contributed by atoms with Gasteiger partial charge in [-0.3, -0.25) is 0 Å². The van der Waals surface area contributed by atoms with E-state index in [0.717, 1.165) is 101 Å². The Morgan fingerprint density at radius 3 is 0.614 bits per heavy atom. The monoisotopic (exact) mass is 732 g/mol. The largest absolute Gasteiger partial charge is 0.246 e. The van der Waals surface area contributed by atoms with E-state index < -0.39 is 0 Å². The summed E-state index contributed by atoms with van der Waals surface area (Å²) in [5, 5.41) is 0. The van der Waals surface area contributed by atoms with Crippen molar-refractivity contribution >= 4 is 33.1 Å². The third-order valence-electron chi connectivity index (χ3n) is 10.5. The fourth-order valence-corrected chi connectivity index (χ4v) is 7.24. The standard InChI is InChI=1S/C51H36N6/c1-31-4-10-34(11-5-31)40-16-22-49-46(52-40)25-19-43(55-49)37-28-38(44-20-26-47-50(56-44)23-17-41(53-47)35-12-6-32(2)7-13-35)30-39(29-37)45-21-27-48-51(57-45)24-18-42(54-48)36-14-8-33(3)9-15-36/h4-30H,1-3H3. The molecule has 6 aromatic heterocycles. The first kappa shape index (κ1) is 34.1. The van der Waals surface area contributed by atoms with E-state index in [9.17, 15) is 0 Å². The van der Waals surface area contributed by atoms with Gasteiger partial charge in [-0.15, -0.1) is 0 Å². The van der Waals surface area contributed by atoms with Crippen LogP contribution in [0.5, 0.6) is 0 Å². The minimum atomic E-state index is 0.828. The van der Waals surface area contributed by atoms with Gasteiger partial charge in [-0.1, -0.05) is 89.5 Å². The minimum Gasteiger partial charge on any atom is -0.246 e. The summed E-state index contributed by atoms with van der Waals surface area (Å²) < 4.78 is 0. The summed E-state index contributed by atoms with van der Waals surface area (Å²) >= 11 is 0. The maximum atomic E-state index is 5.13. The summed E-state index contributed by atoms with van der Waals surface area (Å²) in [5.41, 5.74) is 20.1. The Morgan fingerprint density at radius 2 is 0.404 bits per heavy atom. The van der Waals surface area contributed by atoms with Gasteiger partial charge in [-0.05, 0) is 112 Å². The highest BCUT2D eigenvalue weighted by Gasteiger charge is 2.14. The van der Waals surface area contributed by atoms with E-state index >= 15 is 0 Å². The van der Waals surface area contributed by atoms with Gasteiger partial charge in [0.15, 0.2) is 0 Å². The summed E-state index contributed by atoms with van der Waals surface area (Å²) in [6.45, 7) is 6.27. The van der Waals surface area contributed by atoms with Crippen LogP contribution < -0.4 is 0 Å². The molecule has 0 N–H and O–H groups in total. The zero-order valence-electron chi connectivity index (χ0n) is 31.8. The normalized spacial score (nSPS) is 11.4. The molecule has 0 amide bonds. The quantitative estimate of drug-likeness (QED) is 0.169. The third kappa shape index (κ3) is 6.78. The Labute approximate surface area is 330 Å². The van der Waals surface area contributed by atoms with Crippen LogP contribution in [0.2, 0.25) is 0 Å². The van der Waals surface area contributed by atoms with Gasteiger partial charge in [-0.2, -0.15) is 0 Å². The second kappa shape index (κ2) is 14.0. The van der Waals surface area contributed by atoms with E-state index in [1.807, 2.05) is 36.4 Å². The Kier molecular flexibility index (Phi) is 8.37. The summed E-state index contributed by atoms with van der Waals surface area (Å²) in [6, 6.07) is 56.4. The SMILES string of the molecule is Cc1ccc(-c2ccc3nc(-c4cc(-c5ccc6nc(-c7ccc(C)cc7)ccc6n5)cc(-c5ccc6nc(-c7ccc(C)cc7)ccc6n5)c4)ccc3n2)cc1. The summed E-state index contributed by atoms with van der Waals surface area (Å²) in [5.74, 6) is 0. The lowest BCUT2D eigenvalue weighted by atomic mass is 9.98. The van der Waals surface area contributed by atoms with E-state index in [0.29, 0.717) is 0 Å². The first-order valence-electron chi connectivity index (χ1n) is 19.1. The lowest BCUT2D eigenvalue weighted by molar-refractivity contribution is 1.31. The molecule has 0 unspecified atom stereocenters. The minimum absolute atomic E-state index is 0.828. The van der Waals surface area contributed by atoms with Gasteiger partial charge in [0.25, 0.3) is 0 Å². The van der Waals surface area contributed by atoms with Crippen LogP contribution in [0.15, 0.2) is 164 Å². The van der Waals surface area contributed by atoms with Crippen molar-refractivity contribution in [1.29, 1.82) is 0 Å². The second-order valence-electron chi connectivity index (χ2n) is 14.7. The van der Waals surface area contributed by atoms with E-state index in [2.05, 4.69) is 148 Å². The molecule has 0 radical (unpaired) electrons. The molecule has 0 atom stereocenters. The highest BCUT2D eigenvalue weighted by atomic mass is 14.8. The van der Waals surface area contributed by atoms with Crippen LogP contribution >= 0.6 is 0 Å². The molecule has 0 saturated heterocycles. The molecule has 4 aromatic carbocycles. The maximum absolute atomic E-state index is 5.13. The molecule has 6 nitrogen and oxygen atoms in total. The zero-order chi connectivity index (χ0) is 38.5. The maximum Gasteiger partial charge on any atom is 0.0894 e. The molecule has 0 bridgehead atoms. The van der Waals surface area contributed by atoms with Crippen molar-refractivity contribution in [1.82, 2.24) is 29.9 Å². The van der Waals surface area contributed by atoms with Crippen molar-refractivity contribution in [2.45, 2.75) is 20.8 Å². The highest BCUT2D eigenvalue weighted by Crippen LogP contribution is 2.34. The fraction of sp³-hybridized carbons (Fsp3) is 0.0588. The molecule has 0 aliphatic rings. The number of fused-ring (bicyclic) bond motifs is 3. The molecule has 6 heterocycles. The molecule has 0 aliphatic heterocycles. The van der Waals surface area contributed by atoms with Crippen LogP contribution in [0.3, 0.4) is 0 Å². The van der Waals surface area contributed by atoms with E-state index in [4.69, 9.17) is 29.9 Å². The van der Waals surface area contributed by atoms with Gasteiger partial charge in [0, 0.05) is 33.4 Å². The van der Waals surface area contributed by atoms with E-state index in [1.54, 1.807) is 0 Å². The van der Waals surface area contributed by atoms with Crippen molar-refractivity contribution < 1.29 is 0 Å². The average Bonchev–Trinajstić information content (AvgIpc) is 3.26. The molecular weight excluding hydrogens is 697 g/mol. The molecule has 10 aromatic rings. The molecule has 57 heavy (non-hydrogen) atoms. The van der Waals surface area contributed by atoms with Gasteiger partial charge in [-0.25, -0.2) is 29.9 Å². The van der Waals surface area contributed by atoms with Crippen LogP contribution in [0.4, 0.5) is 0 Å². The Bertz CT molecular complexity index is 2780. The fourth-order valence-electron chi connectivity index (χ4n) is 7.24. The number of rotatable bonds is 6. The van der Waals surface area contributed by atoms with Crippen molar-refractivity contribution in [2.75, 3.05) is 0 Å². The molecular formula is C51H36N6. The van der Waals surface area contributed by atoms with Crippen molar-refractivity contribution in [3.63, 3.8) is 0 Å². The number of benzene rings is 4. The van der Waals surface area contributed by atoms with Gasteiger partial charge in [0.1, 0.15) is 0 Å². The number of hydrogen-bond acceptors (Lipinski definition) is 6. The topological polar surface area (TPSA) is 77.3 Å². The van der Waals surface area contributed by atoms with Gasteiger partial charge in [0.05, 0.1) is 67.3 Å². The lowest BCUT2D eigenvalue weighted by Crippen LogP contribution is -1.94. The van der Waals surface area contributed by atoms with Crippen LogP contribution in [0.25, 0.3) is 101 Å². The average molecular weight is 733 g/mol. The first-order chi connectivity index (χ1) is 27.9. The number of nitrogens with zero attached hydrogens (tertiary/aromatic N) is 6. The molecule has 0 spiro atoms. The number of hydrogen-bond donors (Lipinski definition) is 0.